The summed E-state index contributed by atoms with van der Waals surface area (Å²) in [5, 5.41) is 12.0. The molecule has 5 nitrogen and oxygen atoms in total. The van der Waals surface area contributed by atoms with Crippen LogP contribution >= 0.6 is 0 Å². The summed E-state index contributed by atoms with van der Waals surface area (Å²) in [7, 11) is 0. The highest BCUT2D eigenvalue weighted by atomic mass is 16.1. The normalized spacial score (nSPS) is 11.8. The van der Waals surface area contributed by atoms with Crippen LogP contribution in [0.15, 0.2) is 36.8 Å². The predicted molar refractivity (Wildman–Crippen MR) is 102 cm³/mol. The van der Waals surface area contributed by atoms with Crippen LogP contribution in [-0.2, 0) is 17.8 Å². The van der Waals surface area contributed by atoms with Gasteiger partial charge in [0, 0.05) is 24.0 Å². The lowest BCUT2D eigenvalue weighted by molar-refractivity contribution is -0.122. The van der Waals surface area contributed by atoms with E-state index in [0.717, 1.165) is 17.7 Å². The molecule has 138 valence electrons. The molecule has 1 heterocycles. The fourth-order valence-electron chi connectivity index (χ4n) is 3.48. The molecule has 0 radical (unpaired) electrons. The van der Waals surface area contributed by atoms with Crippen LogP contribution in [0.1, 0.15) is 57.9 Å². The van der Waals surface area contributed by atoms with Gasteiger partial charge in [0.25, 0.3) is 0 Å². The van der Waals surface area contributed by atoms with Gasteiger partial charge in [0.05, 0.1) is 24.4 Å². The first kappa shape index (κ1) is 19.7. The van der Waals surface area contributed by atoms with Crippen LogP contribution in [0.4, 0.5) is 0 Å². The molecule has 1 aromatic carbocycles. The van der Waals surface area contributed by atoms with Gasteiger partial charge in [0.2, 0.25) is 5.91 Å². The topological polar surface area (TPSA) is 70.7 Å². The maximum Gasteiger partial charge on any atom is 0.226 e. The molecule has 0 unspecified atom stereocenters. The minimum absolute atomic E-state index is 0.000767. The molecule has 0 aliphatic rings. The molecule has 26 heavy (non-hydrogen) atoms. The fourth-order valence-corrected chi connectivity index (χ4v) is 3.48. The first-order chi connectivity index (χ1) is 12.1. The predicted octanol–water partition coefficient (Wildman–Crippen LogP) is 3.68. The summed E-state index contributed by atoms with van der Waals surface area (Å²) < 4.78 is 1.97. The Balaban J connectivity index is 2.01. The zero-order valence-corrected chi connectivity index (χ0v) is 16.3. The Morgan fingerprint density at radius 1 is 1.19 bits per heavy atom. The minimum atomic E-state index is -0.257. The highest BCUT2D eigenvalue weighted by molar-refractivity contribution is 5.78. The number of hydrogen-bond donors (Lipinski definition) is 1. The van der Waals surface area contributed by atoms with E-state index in [-0.39, 0.29) is 16.9 Å². The molecule has 0 atom stereocenters. The largest absolute Gasteiger partial charge is 0.351 e. The summed E-state index contributed by atoms with van der Waals surface area (Å²) in [5.74, 6) is 0.000767. The fraction of sp³-hybridized carbons (Fsp3) is 0.476. The highest BCUT2D eigenvalue weighted by Crippen LogP contribution is 2.26. The van der Waals surface area contributed by atoms with E-state index < -0.39 is 0 Å². The minimum Gasteiger partial charge on any atom is -0.351 e. The van der Waals surface area contributed by atoms with Crippen LogP contribution in [0, 0.1) is 16.7 Å². The van der Waals surface area contributed by atoms with Crippen molar-refractivity contribution in [1.82, 2.24) is 14.9 Å². The quantitative estimate of drug-likeness (QED) is 0.862. The van der Waals surface area contributed by atoms with Crippen LogP contribution in [0.25, 0.3) is 0 Å². The summed E-state index contributed by atoms with van der Waals surface area (Å²) >= 11 is 0. The number of nitrogens with zero attached hydrogens (tertiary/aromatic N) is 3. The van der Waals surface area contributed by atoms with Gasteiger partial charge in [-0.3, -0.25) is 4.79 Å². The van der Waals surface area contributed by atoms with Gasteiger partial charge in [0.1, 0.15) is 0 Å². The molecular weight excluding hydrogens is 324 g/mol. The maximum absolute atomic E-state index is 12.5. The van der Waals surface area contributed by atoms with Crippen molar-refractivity contribution >= 4 is 5.91 Å². The van der Waals surface area contributed by atoms with Gasteiger partial charge < -0.3 is 9.88 Å². The summed E-state index contributed by atoms with van der Waals surface area (Å²) in [6.45, 7) is 11.3. The van der Waals surface area contributed by atoms with Crippen LogP contribution in [-0.4, -0.2) is 21.0 Å². The Morgan fingerprint density at radius 3 is 2.42 bits per heavy atom. The molecule has 5 heteroatoms. The third-order valence-electron chi connectivity index (χ3n) is 4.03. The van der Waals surface area contributed by atoms with Crippen molar-refractivity contribution in [2.45, 2.75) is 59.5 Å². The molecular formula is C21H28N4O. The lowest BCUT2D eigenvalue weighted by Crippen LogP contribution is -2.46. The van der Waals surface area contributed by atoms with Crippen molar-refractivity contribution in [3.05, 3.63) is 53.6 Å². The third-order valence-corrected chi connectivity index (χ3v) is 4.03. The van der Waals surface area contributed by atoms with E-state index in [0.29, 0.717) is 18.5 Å². The average molecular weight is 352 g/mol. The number of imidazole rings is 1. The number of carbonyl (C=O) groups excluding carboxylic acids is 1. The summed E-state index contributed by atoms with van der Waals surface area (Å²) in [6, 6.07) is 9.57. The molecule has 1 amide bonds. The van der Waals surface area contributed by atoms with Gasteiger partial charge in [0.15, 0.2) is 0 Å². The van der Waals surface area contributed by atoms with E-state index in [1.807, 2.05) is 16.7 Å². The van der Waals surface area contributed by atoms with Crippen molar-refractivity contribution in [3.63, 3.8) is 0 Å². The van der Waals surface area contributed by atoms with Crippen molar-refractivity contribution in [1.29, 1.82) is 5.26 Å². The van der Waals surface area contributed by atoms with Gasteiger partial charge in [-0.15, -0.1) is 0 Å². The molecule has 0 aliphatic heterocycles. The highest BCUT2D eigenvalue weighted by Gasteiger charge is 2.27. The molecule has 0 saturated carbocycles. The van der Waals surface area contributed by atoms with Gasteiger partial charge in [-0.25, -0.2) is 4.98 Å². The zero-order chi connectivity index (χ0) is 19.4. The molecule has 1 N–H and O–H groups in total. The van der Waals surface area contributed by atoms with Gasteiger partial charge >= 0.3 is 0 Å². The van der Waals surface area contributed by atoms with Crippen LogP contribution in [0.3, 0.4) is 0 Å². The SMILES string of the molecule is CC(C)(C)CC(C)(C)NC(=O)Cc1cncn1Cc1ccc(C#N)cc1. The molecule has 0 fully saturated rings. The molecule has 2 aromatic rings. The standard InChI is InChI=1S/C21H28N4O/c1-20(2,3)14-21(4,5)24-19(26)10-18-12-23-15-25(18)13-17-8-6-16(11-22)7-9-17/h6-9,12,15H,10,13-14H2,1-5H3,(H,24,26). The second-order valence-corrected chi connectivity index (χ2v) is 8.67. The number of aromatic nitrogens is 2. The Morgan fingerprint density at radius 2 is 1.85 bits per heavy atom. The third kappa shape index (κ3) is 6.03. The number of nitriles is 1. The van der Waals surface area contributed by atoms with Crippen LogP contribution in [0.5, 0.6) is 0 Å². The Hall–Kier alpha value is -2.61. The molecule has 0 bridgehead atoms. The van der Waals surface area contributed by atoms with E-state index in [4.69, 9.17) is 5.26 Å². The Kier molecular flexibility index (Phi) is 5.86. The monoisotopic (exact) mass is 352 g/mol. The van der Waals surface area contributed by atoms with Crippen molar-refractivity contribution in [2.75, 3.05) is 0 Å². The van der Waals surface area contributed by atoms with E-state index in [1.165, 1.54) is 0 Å². The number of carbonyl (C=O) groups is 1. The van der Waals surface area contributed by atoms with Crippen molar-refractivity contribution < 1.29 is 4.79 Å². The Labute approximate surface area is 156 Å². The molecule has 1 aromatic heterocycles. The van der Waals surface area contributed by atoms with E-state index in [2.05, 4.69) is 51.0 Å². The Bertz CT molecular complexity index is 789. The average Bonchev–Trinajstić information content (AvgIpc) is 2.91. The summed E-state index contributed by atoms with van der Waals surface area (Å²) in [6.07, 6.45) is 4.67. The van der Waals surface area contributed by atoms with Crippen LogP contribution < -0.4 is 5.32 Å². The molecule has 0 saturated heterocycles. The molecule has 2 rings (SSSR count). The lowest BCUT2D eigenvalue weighted by Gasteiger charge is -2.33. The number of nitrogens with one attached hydrogen (secondary N) is 1. The van der Waals surface area contributed by atoms with Crippen molar-refractivity contribution in [2.24, 2.45) is 5.41 Å². The van der Waals surface area contributed by atoms with Gasteiger partial charge in [-0.2, -0.15) is 5.26 Å². The second-order valence-electron chi connectivity index (χ2n) is 8.67. The van der Waals surface area contributed by atoms with Gasteiger partial charge in [-0.1, -0.05) is 32.9 Å². The second kappa shape index (κ2) is 7.74. The number of amides is 1. The van der Waals surface area contributed by atoms with E-state index in [1.54, 1.807) is 24.7 Å². The number of benzene rings is 1. The number of rotatable bonds is 6. The summed E-state index contributed by atoms with van der Waals surface area (Å²) in [5.41, 5.74) is 2.47. The van der Waals surface area contributed by atoms with E-state index >= 15 is 0 Å². The molecule has 0 spiro atoms. The van der Waals surface area contributed by atoms with Crippen LogP contribution in [0.2, 0.25) is 0 Å². The maximum atomic E-state index is 12.5. The van der Waals surface area contributed by atoms with Crippen molar-refractivity contribution in [3.8, 4) is 6.07 Å². The number of hydrogen-bond acceptors (Lipinski definition) is 3. The first-order valence-electron chi connectivity index (χ1n) is 8.87. The summed E-state index contributed by atoms with van der Waals surface area (Å²) in [4.78, 5) is 16.7. The lowest BCUT2D eigenvalue weighted by atomic mass is 9.82. The zero-order valence-electron chi connectivity index (χ0n) is 16.3. The molecule has 0 aliphatic carbocycles. The van der Waals surface area contributed by atoms with E-state index in [9.17, 15) is 4.79 Å². The first-order valence-corrected chi connectivity index (χ1v) is 8.87. The van der Waals surface area contributed by atoms with Gasteiger partial charge in [-0.05, 0) is 43.4 Å². The smallest absolute Gasteiger partial charge is 0.226 e.